The summed E-state index contributed by atoms with van der Waals surface area (Å²) < 4.78 is 10.4. The van der Waals surface area contributed by atoms with Crippen LogP contribution in [-0.2, 0) is 9.59 Å². The fourth-order valence-corrected chi connectivity index (χ4v) is 2.33. The Morgan fingerprint density at radius 3 is 2.24 bits per heavy atom. The van der Waals surface area contributed by atoms with Gasteiger partial charge in [0.05, 0.1) is 26.5 Å². The van der Waals surface area contributed by atoms with Crippen molar-refractivity contribution in [3.63, 3.8) is 0 Å². The molecule has 1 aromatic carbocycles. The molecule has 0 heterocycles. The fraction of sp³-hybridized carbons (Fsp3) is 0.556. The Hall–Kier alpha value is -2.28. The van der Waals surface area contributed by atoms with Crippen LogP contribution in [0.3, 0.4) is 0 Å². The number of anilines is 1. The van der Waals surface area contributed by atoms with Crippen molar-refractivity contribution in [1.82, 2.24) is 5.32 Å². The minimum absolute atomic E-state index is 0.0702. The third-order valence-electron chi connectivity index (χ3n) is 3.52. The molecule has 1 rings (SSSR count). The summed E-state index contributed by atoms with van der Waals surface area (Å²) in [5.41, 5.74) is 0.289. The van der Waals surface area contributed by atoms with Gasteiger partial charge >= 0.3 is 0 Å². The summed E-state index contributed by atoms with van der Waals surface area (Å²) in [7, 11) is 3.10. The molecule has 0 aromatic heterocycles. The Morgan fingerprint density at radius 1 is 1.08 bits per heavy atom. The molecule has 140 valence electrons. The number of benzene rings is 1. The van der Waals surface area contributed by atoms with Gasteiger partial charge in [-0.05, 0) is 39.8 Å². The van der Waals surface area contributed by atoms with E-state index >= 15 is 0 Å². The summed E-state index contributed by atoms with van der Waals surface area (Å²) in [6, 6.07) is 5.18. The minimum Gasteiger partial charge on any atom is -0.497 e. The van der Waals surface area contributed by atoms with Crippen LogP contribution in [0.5, 0.6) is 11.5 Å². The number of nitrogens with one attached hydrogen (secondary N) is 3. The van der Waals surface area contributed by atoms with E-state index in [-0.39, 0.29) is 30.4 Å². The van der Waals surface area contributed by atoms with Crippen LogP contribution < -0.4 is 25.0 Å². The van der Waals surface area contributed by atoms with Crippen molar-refractivity contribution < 1.29 is 24.0 Å². The number of amides is 2. The SMILES string of the molecule is CC[NH+](CC(=O)Nc1ccc(OC)cc1OC)CC(=O)NC(C)(C)C. The number of quaternary nitrogens is 1. The number of hydrogen-bond donors (Lipinski definition) is 3. The third kappa shape index (κ3) is 7.43. The van der Waals surface area contributed by atoms with Gasteiger partial charge in [-0.3, -0.25) is 9.59 Å². The smallest absolute Gasteiger partial charge is 0.279 e. The quantitative estimate of drug-likeness (QED) is 0.635. The number of carbonyl (C=O) groups is 2. The molecule has 2 amide bonds. The highest BCUT2D eigenvalue weighted by molar-refractivity contribution is 5.93. The number of carbonyl (C=O) groups excluding carboxylic acids is 2. The van der Waals surface area contributed by atoms with Crippen molar-refractivity contribution in [2.75, 3.05) is 39.2 Å². The summed E-state index contributed by atoms with van der Waals surface area (Å²) in [6.07, 6.45) is 0. The normalized spacial score (nSPS) is 12.2. The first kappa shape index (κ1) is 20.8. The second-order valence-electron chi connectivity index (χ2n) is 6.87. The maximum atomic E-state index is 12.3. The lowest BCUT2D eigenvalue weighted by Gasteiger charge is -2.23. The van der Waals surface area contributed by atoms with E-state index in [1.807, 2.05) is 27.7 Å². The first-order valence-electron chi connectivity index (χ1n) is 8.35. The molecule has 1 unspecified atom stereocenters. The van der Waals surface area contributed by atoms with Gasteiger partial charge in [0.15, 0.2) is 13.1 Å². The number of rotatable bonds is 8. The zero-order chi connectivity index (χ0) is 19.0. The molecule has 0 aliphatic heterocycles. The molecule has 1 atom stereocenters. The molecule has 0 radical (unpaired) electrons. The van der Waals surface area contributed by atoms with Crippen LogP contribution in [0.15, 0.2) is 18.2 Å². The average molecular weight is 352 g/mol. The van der Waals surface area contributed by atoms with Crippen molar-refractivity contribution in [3.8, 4) is 11.5 Å². The molecule has 3 N–H and O–H groups in total. The van der Waals surface area contributed by atoms with Gasteiger partial charge in [0.25, 0.3) is 11.8 Å². The molecule has 0 saturated carbocycles. The molecule has 0 fully saturated rings. The average Bonchev–Trinajstić information content (AvgIpc) is 2.52. The van der Waals surface area contributed by atoms with Crippen LogP contribution in [0.2, 0.25) is 0 Å². The Bertz CT molecular complexity index is 596. The van der Waals surface area contributed by atoms with Gasteiger partial charge in [-0.25, -0.2) is 0 Å². The van der Waals surface area contributed by atoms with E-state index < -0.39 is 0 Å². The zero-order valence-corrected chi connectivity index (χ0v) is 16.0. The Balaban J connectivity index is 2.66. The highest BCUT2D eigenvalue weighted by Crippen LogP contribution is 2.28. The van der Waals surface area contributed by atoms with Crippen LogP contribution in [0.4, 0.5) is 5.69 Å². The van der Waals surface area contributed by atoms with Crippen molar-refractivity contribution in [2.45, 2.75) is 33.2 Å². The van der Waals surface area contributed by atoms with Crippen LogP contribution >= 0.6 is 0 Å². The van der Waals surface area contributed by atoms with Crippen LogP contribution in [-0.4, -0.2) is 51.2 Å². The maximum absolute atomic E-state index is 12.3. The van der Waals surface area contributed by atoms with Crippen molar-refractivity contribution >= 4 is 17.5 Å². The topological polar surface area (TPSA) is 81.1 Å². The highest BCUT2D eigenvalue weighted by Gasteiger charge is 2.21. The summed E-state index contributed by atoms with van der Waals surface area (Å²) >= 11 is 0. The molecule has 0 saturated heterocycles. The van der Waals surface area contributed by atoms with Crippen LogP contribution in [0.25, 0.3) is 0 Å². The van der Waals surface area contributed by atoms with Gasteiger partial charge in [-0.2, -0.15) is 0 Å². The molecule has 25 heavy (non-hydrogen) atoms. The van der Waals surface area contributed by atoms with E-state index in [4.69, 9.17) is 9.47 Å². The molecule has 7 nitrogen and oxygen atoms in total. The summed E-state index contributed by atoms with van der Waals surface area (Å²) in [5, 5.41) is 5.74. The molecular weight excluding hydrogens is 322 g/mol. The molecule has 7 heteroatoms. The van der Waals surface area contributed by atoms with Crippen LogP contribution in [0.1, 0.15) is 27.7 Å². The molecule has 0 aliphatic rings. The van der Waals surface area contributed by atoms with Crippen molar-refractivity contribution in [3.05, 3.63) is 18.2 Å². The number of hydrogen-bond acceptors (Lipinski definition) is 4. The second-order valence-corrected chi connectivity index (χ2v) is 6.87. The predicted molar refractivity (Wildman–Crippen MR) is 97.3 cm³/mol. The highest BCUT2D eigenvalue weighted by atomic mass is 16.5. The van der Waals surface area contributed by atoms with E-state index in [0.717, 1.165) is 4.90 Å². The van der Waals surface area contributed by atoms with Crippen LogP contribution in [0, 0.1) is 0 Å². The zero-order valence-electron chi connectivity index (χ0n) is 16.0. The van der Waals surface area contributed by atoms with E-state index in [2.05, 4.69) is 10.6 Å². The van der Waals surface area contributed by atoms with Gasteiger partial charge < -0.3 is 25.0 Å². The fourth-order valence-electron chi connectivity index (χ4n) is 2.33. The standard InChI is InChI=1S/C18H29N3O4/c1-7-21(12-17(23)20-18(2,3)4)11-16(22)19-14-9-8-13(24-5)10-15(14)25-6/h8-10H,7,11-12H2,1-6H3,(H,19,22)(H,20,23)/p+1. The maximum Gasteiger partial charge on any atom is 0.279 e. The molecular formula is C18H30N3O4+. The lowest BCUT2D eigenvalue weighted by Crippen LogP contribution is -3.14. The second kappa shape index (κ2) is 9.27. The first-order valence-corrected chi connectivity index (χ1v) is 8.35. The Morgan fingerprint density at radius 2 is 1.72 bits per heavy atom. The van der Waals surface area contributed by atoms with Gasteiger partial charge in [-0.1, -0.05) is 0 Å². The molecule has 0 bridgehead atoms. The molecule has 0 aliphatic carbocycles. The largest absolute Gasteiger partial charge is 0.497 e. The summed E-state index contributed by atoms with van der Waals surface area (Å²) in [4.78, 5) is 25.2. The third-order valence-corrected chi connectivity index (χ3v) is 3.52. The number of ether oxygens (including phenoxy) is 2. The first-order chi connectivity index (χ1) is 11.7. The summed E-state index contributed by atoms with van der Waals surface area (Å²) in [6.45, 7) is 8.85. The van der Waals surface area contributed by atoms with Crippen molar-refractivity contribution in [1.29, 1.82) is 0 Å². The lowest BCUT2D eigenvalue weighted by molar-refractivity contribution is -0.881. The number of methoxy groups -OCH3 is 2. The van der Waals surface area contributed by atoms with Crippen molar-refractivity contribution in [2.24, 2.45) is 0 Å². The predicted octanol–water partition coefficient (Wildman–Crippen LogP) is 0.462. The minimum atomic E-state index is -0.283. The number of likely N-dealkylation sites (N-methyl/N-ethyl adjacent to an activating group) is 1. The van der Waals surface area contributed by atoms with Gasteiger partial charge in [-0.15, -0.1) is 0 Å². The van der Waals surface area contributed by atoms with Gasteiger partial charge in [0.2, 0.25) is 0 Å². The van der Waals surface area contributed by atoms with E-state index in [1.54, 1.807) is 25.3 Å². The molecule has 1 aromatic rings. The van der Waals surface area contributed by atoms with Gasteiger partial charge in [0.1, 0.15) is 11.5 Å². The van der Waals surface area contributed by atoms with E-state index in [9.17, 15) is 9.59 Å². The Kier molecular flexibility index (Phi) is 7.70. The molecule has 0 spiro atoms. The summed E-state index contributed by atoms with van der Waals surface area (Å²) in [5.74, 6) is 0.925. The monoisotopic (exact) mass is 352 g/mol. The van der Waals surface area contributed by atoms with E-state index in [1.165, 1.54) is 7.11 Å². The Labute approximate surface area is 149 Å². The lowest BCUT2D eigenvalue weighted by atomic mass is 10.1. The van der Waals surface area contributed by atoms with Gasteiger partial charge in [0, 0.05) is 11.6 Å². The van der Waals surface area contributed by atoms with E-state index in [0.29, 0.717) is 23.7 Å².